The van der Waals surface area contributed by atoms with Crippen LogP contribution in [0.2, 0.25) is 0 Å². The third-order valence-electron chi connectivity index (χ3n) is 14.0. The molecule has 0 aliphatic carbocycles. The van der Waals surface area contributed by atoms with Gasteiger partial charge in [0, 0.05) is 80.8 Å². The standard InChI is InChI=1S/C55H75N17O13.Zn/c1-29(2)19-38(49(80)67-37(9-5-17-60-55(57)58)54(85)72-18-6-10-43(72)53(84)62-25-44(56)75)66-46(77)26-63-47(78)39(20-30-11-13-33(74)14-12-30)68-52(83)42(27-73)71-50(81)40(21-31-23-61-35-8-4-3-7-34(31)35)69-51(82)41(22-32-24-59-28-64-32)70-48(79)36-15-16-45(76)65-36;/h3-4,7-8,11-14,23-24,28-29,36-43,61,73H,5-6,9-10,15-22,25-27H2,1-2H3,(H17,56,57,58,59,60,62,63,64,65,66,67,68,69,70,71,74,75,76,77,78,79,80,81,82,83,84);/p-1/t36-,37-,38-,39-,40-,41-,42-,43-;/m0./s1. The first-order chi connectivity index (χ1) is 40.6. The van der Waals surface area contributed by atoms with Crippen molar-refractivity contribution in [2.45, 2.75) is 126 Å². The summed E-state index contributed by atoms with van der Waals surface area (Å²) < 4.78 is 0. The van der Waals surface area contributed by atoms with Gasteiger partial charge in [0.25, 0.3) is 0 Å². The summed E-state index contributed by atoms with van der Waals surface area (Å²) >= 11 is 0. The zero-order valence-corrected chi connectivity index (χ0v) is 50.7. The molecule has 8 atom stereocenters. The molecule has 0 unspecified atom stereocenters. The van der Waals surface area contributed by atoms with Gasteiger partial charge in [0.2, 0.25) is 59.1 Å². The number of phenolic OH excluding ortho intramolecular Hbond substituents is 1. The van der Waals surface area contributed by atoms with Crippen molar-refractivity contribution in [3.05, 3.63) is 89.4 Å². The molecule has 2 aromatic carbocycles. The van der Waals surface area contributed by atoms with Crippen molar-refractivity contribution < 1.29 is 82.4 Å². The molecule has 460 valence electrons. The van der Waals surface area contributed by atoms with Crippen LogP contribution in [-0.4, -0.2) is 182 Å². The number of aromatic amines is 2. The summed E-state index contributed by atoms with van der Waals surface area (Å²) in [5.74, 6) is -9.08. The summed E-state index contributed by atoms with van der Waals surface area (Å²) in [7, 11) is 0. The van der Waals surface area contributed by atoms with Crippen LogP contribution in [0.3, 0.4) is 0 Å². The minimum absolute atomic E-state index is 0. The summed E-state index contributed by atoms with van der Waals surface area (Å²) in [6.07, 6.45) is 5.09. The minimum Gasteiger partial charge on any atom is -0.643 e. The normalized spacial score (nSPS) is 16.6. The maximum absolute atomic E-state index is 14.4. The Morgan fingerprint density at radius 2 is 1.40 bits per heavy atom. The van der Waals surface area contributed by atoms with Gasteiger partial charge in [-0.05, 0) is 79.8 Å². The molecule has 0 saturated carbocycles. The number of para-hydroxylation sites is 1. The molecule has 2 aliphatic rings. The molecule has 2 saturated heterocycles. The summed E-state index contributed by atoms with van der Waals surface area (Å²) in [6.45, 7) is 1.61. The van der Waals surface area contributed by atoms with Crippen molar-refractivity contribution in [3.63, 3.8) is 0 Å². The van der Waals surface area contributed by atoms with Crippen LogP contribution in [-0.2, 0) is 91.5 Å². The Morgan fingerprint density at radius 1 is 0.744 bits per heavy atom. The second-order valence-electron chi connectivity index (χ2n) is 21.1. The molecule has 2 aliphatic heterocycles. The number of carbonyl (C=O) groups excluding carboxylic acids is 11. The Kier molecular flexibility index (Phi) is 25.9. The number of benzene rings is 2. The van der Waals surface area contributed by atoms with Gasteiger partial charge in [0.1, 0.15) is 48.0 Å². The molecule has 18 N–H and O–H groups in total. The fourth-order valence-electron chi connectivity index (χ4n) is 9.73. The number of amides is 11. The molecule has 6 rings (SSSR count). The maximum atomic E-state index is 14.4. The van der Waals surface area contributed by atoms with Crippen LogP contribution in [0.4, 0.5) is 0 Å². The molecule has 2 fully saturated rings. The van der Waals surface area contributed by atoms with Crippen LogP contribution in [0.15, 0.2) is 72.2 Å². The largest absolute Gasteiger partial charge is 0.643 e. The molecule has 30 nitrogen and oxygen atoms in total. The number of aliphatic hydroxyl groups is 1. The molecular formula is C55H74N17O13Zn-. The Bertz CT molecular complexity index is 3060. The zero-order chi connectivity index (χ0) is 61.7. The second-order valence-corrected chi connectivity index (χ2v) is 21.1. The number of likely N-dealkylation sites (tertiary alicyclic amines) is 1. The van der Waals surface area contributed by atoms with Crippen molar-refractivity contribution in [2.24, 2.45) is 28.1 Å². The van der Waals surface area contributed by atoms with Crippen molar-refractivity contribution in [1.29, 1.82) is 0 Å². The number of aromatic hydroxyl groups is 1. The summed E-state index contributed by atoms with van der Waals surface area (Å²) in [5, 5.41) is 45.7. The van der Waals surface area contributed by atoms with Crippen LogP contribution in [0, 0.1) is 5.92 Å². The summed E-state index contributed by atoms with van der Waals surface area (Å²) in [6, 6.07) is 2.19. The third kappa shape index (κ3) is 20.4. The second kappa shape index (κ2) is 32.9. The molecule has 4 heterocycles. The number of guanidine groups is 1. The average Bonchev–Trinajstić information content (AvgIpc) is 3.65. The summed E-state index contributed by atoms with van der Waals surface area (Å²) in [4.78, 5) is 164. The fraction of sp³-hybridized carbons (Fsp3) is 0.473. The number of hydrogen-bond donors (Lipinski definition) is 15. The van der Waals surface area contributed by atoms with E-state index in [1.165, 1.54) is 41.7 Å². The van der Waals surface area contributed by atoms with Crippen LogP contribution < -0.4 is 59.7 Å². The third-order valence-corrected chi connectivity index (χ3v) is 14.0. The van der Waals surface area contributed by atoms with Crippen LogP contribution in [0.1, 0.15) is 75.6 Å². The first-order valence-electron chi connectivity index (χ1n) is 27.7. The number of nitrogens with zero attached hydrogens (tertiary/aromatic N) is 4. The van der Waals surface area contributed by atoms with Crippen molar-refractivity contribution in [1.82, 2.24) is 62.4 Å². The quantitative estimate of drug-likeness (QED) is 0.0100. The van der Waals surface area contributed by atoms with Gasteiger partial charge in [-0.1, -0.05) is 50.6 Å². The number of nitrogens with two attached hydrogens (primary N) is 3. The Hall–Kier alpha value is -8.99. The first-order valence-corrected chi connectivity index (χ1v) is 27.7. The molecule has 86 heavy (non-hydrogen) atoms. The van der Waals surface area contributed by atoms with Crippen LogP contribution >= 0.6 is 0 Å². The summed E-state index contributed by atoms with van der Waals surface area (Å²) in [5.41, 5.74) is 18.3. The number of primary amides is 1. The molecule has 11 amide bonds. The van der Waals surface area contributed by atoms with Gasteiger partial charge in [0.15, 0.2) is 5.96 Å². The first kappa shape index (κ1) is 67.8. The molecule has 0 spiro atoms. The number of H-pyrrole nitrogens is 2. The predicted molar refractivity (Wildman–Crippen MR) is 305 cm³/mol. The smallest absolute Gasteiger partial charge is 0.245 e. The molecule has 0 bridgehead atoms. The van der Waals surface area contributed by atoms with E-state index in [0.29, 0.717) is 34.1 Å². The SMILES string of the molecule is CC(C)C[C@H](NC(=O)CNC(=O)[C@H](Cc1ccc(O)cc1)NC(=O)[C@H](CO)NC(=O)[C@H](Cc1c[nH]c2ccccc12)NC(=O)[C@H](Cc1cnc[nH]1)NC(=O)[C@@H]1CCC(=O)[N-]1)C(=O)N[C@@H](CCCN=C(N)N)C(=O)N1CCC[C@H]1C(=O)NCC(N)=O.[Zn]. The number of aliphatic hydroxyl groups excluding tert-OH is 1. The zero-order valence-electron chi connectivity index (χ0n) is 47.8. The number of hydrogen-bond acceptors (Lipinski definition) is 15. The number of nitrogens with one attached hydrogen (secondary N) is 10. The Balaban J connectivity index is 0.0000135. The fourth-order valence-corrected chi connectivity index (χ4v) is 9.73. The molecule has 2 aromatic heterocycles. The average molecular weight is 1250 g/mol. The maximum Gasteiger partial charge on any atom is 0.245 e. The number of carbonyl (C=O) groups is 11. The number of imidazole rings is 1. The van der Waals surface area contributed by atoms with E-state index in [2.05, 4.69) is 67.8 Å². The Morgan fingerprint density at radius 3 is 2.03 bits per heavy atom. The van der Waals surface area contributed by atoms with E-state index in [0.717, 1.165) is 0 Å². The number of phenols is 1. The van der Waals surface area contributed by atoms with Crippen molar-refractivity contribution in [3.8, 4) is 5.75 Å². The van der Waals surface area contributed by atoms with Gasteiger partial charge in [0.05, 0.1) is 31.9 Å². The van der Waals surface area contributed by atoms with Gasteiger partial charge < -0.3 is 94.9 Å². The van der Waals surface area contributed by atoms with E-state index in [1.54, 1.807) is 44.3 Å². The minimum atomic E-state index is -1.76. The molecule has 0 radical (unpaired) electrons. The van der Waals surface area contributed by atoms with Crippen LogP contribution in [0.5, 0.6) is 5.75 Å². The van der Waals surface area contributed by atoms with Crippen LogP contribution in [0.25, 0.3) is 16.2 Å². The molecule has 4 aromatic rings. The van der Waals surface area contributed by atoms with E-state index in [-0.39, 0.29) is 108 Å². The predicted octanol–water partition coefficient (Wildman–Crippen LogP) is -3.61. The topological polar surface area (TPSA) is 477 Å². The van der Waals surface area contributed by atoms with Gasteiger partial charge in [-0.15, -0.1) is 0 Å². The van der Waals surface area contributed by atoms with E-state index in [9.17, 15) is 63.0 Å². The Labute approximate surface area is 507 Å². The van der Waals surface area contributed by atoms with Crippen molar-refractivity contribution >= 4 is 81.8 Å². The monoisotopic (exact) mass is 1240 g/mol. The van der Waals surface area contributed by atoms with Gasteiger partial charge in [-0.25, -0.2) is 4.98 Å². The van der Waals surface area contributed by atoms with Gasteiger partial charge in [-0.3, -0.25) is 52.9 Å². The van der Waals surface area contributed by atoms with E-state index < -0.39 is 133 Å². The molecular weight excluding hydrogens is 1170 g/mol. The number of aromatic nitrogens is 3. The molecule has 31 heteroatoms. The number of aliphatic imine (C=N–C) groups is 1. The number of rotatable bonds is 31. The van der Waals surface area contributed by atoms with E-state index >= 15 is 0 Å². The van der Waals surface area contributed by atoms with Gasteiger partial charge in [-0.2, -0.15) is 0 Å². The number of fused-ring (bicyclic) bond motifs is 1. The van der Waals surface area contributed by atoms with E-state index in [1.807, 2.05) is 0 Å². The van der Waals surface area contributed by atoms with Crippen molar-refractivity contribution in [2.75, 3.05) is 32.8 Å². The van der Waals surface area contributed by atoms with E-state index in [4.69, 9.17) is 17.2 Å². The van der Waals surface area contributed by atoms with Gasteiger partial charge >= 0.3 is 0 Å².